The molecule has 0 aliphatic carbocycles. The number of amides is 3. The largest absolute Gasteiger partial charge is 0.466 e. The molecule has 3 amide bonds. The molecule has 0 saturated carbocycles. The molecule has 0 spiro atoms. The summed E-state index contributed by atoms with van der Waals surface area (Å²) in [6.07, 6.45) is 2.10. The van der Waals surface area contributed by atoms with Crippen molar-refractivity contribution in [1.29, 1.82) is 0 Å². The summed E-state index contributed by atoms with van der Waals surface area (Å²) >= 11 is 0. The van der Waals surface area contributed by atoms with Crippen molar-refractivity contribution in [2.45, 2.75) is 59.2 Å². The summed E-state index contributed by atoms with van der Waals surface area (Å²) < 4.78 is 6.69. The van der Waals surface area contributed by atoms with E-state index >= 15 is 0 Å². The number of hydrogen-bond donors (Lipinski definition) is 1. The van der Waals surface area contributed by atoms with Gasteiger partial charge in [-0.25, -0.2) is 0 Å². The number of esters is 1. The van der Waals surface area contributed by atoms with Crippen LogP contribution in [0.3, 0.4) is 0 Å². The molecule has 2 aliphatic heterocycles. The molecule has 37 heavy (non-hydrogen) atoms. The summed E-state index contributed by atoms with van der Waals surface area (Å²) in [5, 5.41) is 7.08. The van der Waals surface area contributed by atoms with Crippen molar-refractivity contribution in [3.05, 3.63) is 52.8 Å². The van der Waals surface area contributed by atoms with Gasteiger partial charge in [-0.2, -0.15) is 5.10 Å². The van der Waals surface area contributed by atoms with E-state index in [0.717, 1.165) is 17.5 Å². The average Bonchev–Trinajstić information content (AvgIpc) is 3.26. The number of nitrogens with zero attached hydrogens (tertiary/aromatic N) is 4. The summed E-state index contributed by atoms with van der Waals surface area (Å²) in [5.41, 5.74) is 2.65. The third kappa shape index (κ3) is 6.18. The number of aryl methyl sites for hydroxylation is 2. The predicted octanol–water partition coefficient (Wildman–Crippen LogP) is 2.16. The van der Waals surface area contributed by atoms with Crippen LogP contribution in [0.4, 0.5) is 0 Å². The summed E-state index contributed by atoms with van der Waals surface area (Å²) in [6, 6.07) is 8.75. The second-order valence-corrected chi connectivity index (χ2v) is 9.78. The van der Waals surface area contributed by atoms with E-state index < -0.39 is 11.9 Å². The van der Waals surface area contributed by atoms with E-state index in [-0.39, 0.29) is 35.9 Å². The van der Waals surface area contributed by atoms with Gasteiger partial charge in [-0.1, -0.05) is 29.8 Å². The highest BCUT2D eigenvalue weighted by Crippen LogP contribution is 2.20. The van der Waals surface area contributed by atoms with Gasteiger partial charge in [-0.3, -0.25) is 23.9 Å². The van der Waals surface area contributed by atoms with Gasteiger partial charge < -0.3 is 19.9 Å². The van der Waals surface area contributed by atoms with E-state index in [4.69, 9.17) is 4.74 Å². The Bertz CT molecular complexity index is 1180. The van der Waals surface area contributed by atoms with E-state index in [9.17, 15) is 19.2 Å². The zero-order valence-electron chi connectivity index (χ0n) is 21.7. The summed E-state index contributed by atoms with van der Waals surface area (Å²) in [4.78, 5) is 54.7. The number of aromatic nitrogens is 2. The van der Waals surface area contributed by atoms with Gasteiger partial charge >= 0.3 is 5.97 Å². The molecule has 10 nitrogen and oxygen atoms in total. The average molecular weight is 510 g/mol. The number of piperidine rings is 1. The Balaban J connectivity index is 1.39. The maximum Gasteiger partial charge on any atom is 0.310 e. The van der Waals surface area contributed by atoms with E-state index in [1.807, 2.05) is 25.1 Å². The molecule has 2 atom stereocenters. The number of hydrogen-bond acceptors (Lipinski definition) is 6. The number of ether oxygens (including phenoxy) is 1. The van der Waals surface area contributed by atoms with Crippen molar-refractivity contribution in [2.24, 2.45) is 5.92 Å². The van der Waals surface area contributed by atoms with Gasteiger partial charge in [0.25, 0.3) is 11.8 Å². The Morgan fingerprint density at radius 1 is 1.16 bits per heavy atom. The lowest BCUT2D eigenvalue weighted by Gasteiger charge is -2.33. The summed E-state index contributed by atoms with van der Waals surface area (Å²) in [7, 11) is 0. The first-order chi connectivity index (χ1) is 17.8. The highest BCUT2D eigenvalue weighted by Gasteiger charge is 2.32. The molecule has 0 bridgehead atoms. The molecule has 2 aromatic rings. The third-order valence-corrected chi connectivity index (χ3v) is 6.84. The van der Waals surface area contributed by atoms with Crippen molar-refractivity contribution in [3.63, 3.8) is 0 Å². The second-order valence-electron chi connectivity index (χ2n) is 9.78. The smallest absolute Gasteiger partial charge is 0.310 e. The molecule has 198 valence electrons. The fourth-order valence-electron chi connectivity index (χ4n) is 4.96. The van der Waals surface area contributed by atoms with Crippen molar-refractivity contribution in [1.82, 2.24) is 24.9 Å². The number of carbonyl (C=O) groups is 4. The minimum atomic E-state index is -0.802. The van der Waals surface area contributed by atoms with Crippen LogP contribution < -0.4 is 5.32 Å². The molecule has 4 rings (SSSR count). The van der Waals surface area contributed by atoms with Crippen molar-refractivity contribution in [3.8, 4) is 0 Å². The van der Waals surface area contributed by atoms with E-state index in [2.05, 4.69) is 16.5 Å². The Hall–Kier alpha value is -3.69. The lowest BCUT2D eigenvalue weighted by molar-refractivity contribution is -0.151. The lowest BCUT2D eigenvalue weighted by Crippen LogP contribution is -2.51. The molecule has 1 fully saturated rings. The standard InChI is InChI=1S/C27H35N5O5/c1-4-37-27(36)21-10-6-11-31(17-21)25(34)19(3)28-24(33)22-15-23-26(35)30(12-7-13-32(23)29-22)16-20-9-5-8-18(2)14-20/h5,8-9,14-15,19,21H,4,6-7,10-13,16-17H2,1-3H3,(H,28,33)/t19-,21+/m1/s1. The highest BCUT2D eigenvalue weighted by molar-refractivity contribution is 5.99. The van der Waals surface area contributed by atoms with Crippen LogP contribution in [0.5, 0.6) is 0 Å². The lowest BCUT2D eigenvalue weighted by atomic mass is 9.97. The maximum atomic E-state index is 13.3. The molecule has 1 aromatic carbocycles. The first-order valence-corrected chi connectivity index (χ1v) is 13.0. The van der Waals surface area contributed by atoms with Crippen LogP contribution in [0.15, 0.2) is 30.3 Å². The van der Waals surface area contributed by atoms with Crippen LogP contribution in [0, 0.1) is 12.8 Å². The van der Waals surface area contributed by atoms with E-state index in [0.29, 0.717) is 51.3 Å². The van der Waals surface area contributed by atoms with Gasteiger partial charge in [0.05, 0.1) is 12.5 Å². The van der Waals surface area contributed by atoms with Gasteiger partial charge in [-0.05, 0) is 45.6 Å². The van der Waals surface area contributed by atoms with Gasteiger partial charge in [0.15, 0.2) is 5.69 Å². The van der Waals surface area contributed by atoms with Crippen LogP contribution in [-0.4, -0.2) is 75.6 Å². The molecular weight excluding hydrogens is 474 g/mol. The molecule has 3 heterocycles. The normalized spacial score (nSPS) is 18.6. The fourth-order valence-corrected chi connectivity index (χ4v) is 4.96. The minimum absolute atomic E-state index is 0.100. The minimum Gasteiger partial charge on any atom is -0.466 e. The molecule has 1 aromatic heterocycles. The number of carbonyl (C=O) groups excluding carboxylic acids is 4. The highest BCUT2D eigenvalue weighted by atomic mass is 16.5. The molecule has 2 aliphatic rings. The topological polar surface area (TPSA) is 114 Å². The molecule has 0 radical (unpaired) electrons. The monoisotopic (exact) mass is 509 g/mol. The van der Waals surface area contributed by atoms with Crippen molar-refractivity contribution in [2.75, 3.05) is 26.2 Å². The molecular formula is C27H35N5O5. The zero-order chi connectivity index (χ0) is 26.5. The molecule has 1 saturated heterocycles. The Morgan fingerprint density at radius 2 is 1.97 bits per heavy atom. The van der Waals surface area contributed by atoms with Gasteiger partial charge in [-0.15, -0.1) is 0 Å². The SMILES string of the molecule is CCOC(=O)[C@H]1CCCN(C(=O)[C@@H](C)NC(=O)c2cc3n(n2)CCCN(Cc2cccc(C)c2)C3=O)C1. The quantitative estimate of drug-likeness (QED) is 0.572. The van der Waals surface area contributed by atoms with Crippen LogP contribution in [-0.2, 0) is 27.4 Å². The van der Waals surface area contributed by atoms with Gasteiger partial charge in [0, 0.05) is 38.8 Å². The van der Waals surface area contributed by atoms with Crippen molar-refractivity contribution < 1.29 is 23.9 Å². The van der Waals surface area contributed by atoms with Crippen LogP contribution >= 0.6 is 0 Å². The summed E-state index contributed by atoms with van der Waals surface area (Å²) in [6.45, 7) is 8.11. The zero-order valence-corrected chi connectivity index (χ0v) is 21.7. The first-order valence-electron chi connectivity index (χ1n) is 13.0. The van der Waals surface area contributed by atoms with Crippen LogP contribution in [0.2, 0.25) is 0 Å². The molecule has 10 heteroatoms. The van der Waals surface area contributed by atoms with E-state index in [1.165, 1.54) is 6.07 Å². The van der Waals surface area contributed by atoms with Crippen LogP contribution in [0.25, 0.3) is 0 Å². The fraction of sp³-hybridized carbons (Fsp3) is 0.519. The number of nitrogens with one attached hydrogen (secondary N) is 1. The van der Waals surface area contributed by atoms with Gasteiger partial charge in [0.2, 0.25) is 5.91 Å². The number of fused-ring (bicyclic) bond motifs is 1. The summed E-state index contributed by atoms with van der Waals surface area (Å²) in [5.74, 6) is -1.59. The molecule has 1 N–H and O–H groups in total. The Kier molecular flexibility index (Phi) is 8.25. The van der Waals surface area contributed by atoms with Gasteiger partial charge in [0.1, 0.15) is 11.7 Å². The van der Waals surface area contributed by atoms with Crippen LogP contribution in [0.1, 0.15) is 65.2 Å². The first kappa shape index (κ1) is 26.4. The van der Waals surface area contributed by atoms with E-state index in [1.54, 1.807) is 28.3 Å². The molecule has 0 unspecified atom stereocenters. The third-order valence-electron chi connectivity index (χ3n) is 6.84. The number of likely N-dealkylation sites (tertiary alicyclic amines) is 1. The number of rotatable bonds is 7. The Labute approximate surface area is 216 Å². The maximum absolute atomic E-state index is 13.3. The predicted molar refractivity (Wildman–Crippen MR) is 136 cm³/mol. The van der Waals surface area contributed by atoms with Crippen molar-refractivity contribution >= 4 is 23.7 Å². The number of benzene rings is 1. The second kappa shape index (κ2) is 11.6. The Morgan fingerprint density at radius 3 is 2.73 bits per heavy atom.